The van der Waals surface area contributed by atoms with E-state index < -0.39 is 66.2 Å². The molecule has 31 heavy (non-hydrogen) atoms. The summed E-state index contributed by atoms with van der Waals surface area (Å²) in [7, 11) is 0. The van der Waals surface area contributed by atoms with E-state index >= 15 is 0 Å². The number of nitrogens with two attached hydrogens (primary N) is 2. The van der Waals surface area contributed by atoms with Crippen LogP contribution in [0.25, 0.3) is 0 Å². The van der Waals surface area contributed by atoms with E-state index in [1.54, 1.807) is 13.8 Å². The summed E-state index contributed by atoms with van der Waals surface area (Å²) in [5.74, 6) is -5.86. The van der Waals surface area contributed by atoms with Crippen LogP contribution in [0.2, 0.25) is 0 Å². The van der Waals surface area contributed by atoms with Crippen LogP contribution in [-0.2, 0) is 28.8 Å². The molecule has 4 amide bonds. The van der Waals surface area contributed by atoms with Crippen LogP contribution < -0.4 is 27.4 Å². The van der Waals surface area contributed by atoms with Gasteiger partial charge < -0.3 is 37.6 Å². The minimum Gasteiger partial charge on any atom is -0.481 e. The number of carboxylic acids is 2. The molecule has 9 N–H and O–H groups in total. The Morgan fingerprint density at radius 2 is 1.39 bits per heavy atom. The van der Waals surface area contributed by atoms with Crippen LogP contribution in [0.4, 0.5) is 0 Å². The summed E-state index contributed by atoms with van der Waals surface area (Å²) >= 11 is 0. The molecule has 0 bridgehead atoms. The molecule has 0 aliphatic carbocycles. The minimum absolute atomic E-state index is 0.0650. The van der Waals surface area contributed by atoms with E-state index in [0.29, 0.717) is 0 Å². The number of carboxylic acid groups (broad SMARTS) is 2. The molecular weight excluding hydrogens is 414 g/mol. The third kappa shape index (κ3) is 11.5. The summed E-state index contributed by atoms with van der Waals surface area (Å²) in [6, 6.07) is -4.93. The Kier molecular flexibility index (Phi) is 11.8. The lowest BCUT2D eigenvalue weighted by molar-refractivity contribution is -0.144. The van der Waals surface area contributed by atoms with Crippen molar-refractivity contribution in [1.82, 2.24) is 16.0 Å². The molecule has 4 atom stereocenters. The fourth-order valence-corrected chi connectivity index (χ4v) is 2.47. The Hall–Kier alpha value is -3.22. The van der Waals surface area contributed by atoms with E-state index in [1.807, 2.05) is 0 Å². The van der Waals surface area contributed by atoms with Gasteiger partial charge in [0.05, 0.1) is 12.5 Å². The first-order valence-corrected chi connectivity index (χ1v) is 9.64. The molecule has 176 valence electrons. The molecule has 13 nitrogen and oxygen atoms in total. The highest BCUT2D eigenvalue weighted by Gasteiger charge is 2.30. The van der Waals surface area contributed by atoms with Gasteiger partial charge in [-0.05, 0) is 25.7 Å². The summed E-state index contributed by atoms with van der Waals surface area (Å²) in [4.78, 5) is 69.7. The molecule has 0 aliphatic rings. The average molecular weight is 445 g/mol. The predicted molar refractivity (Wildman–Crippen MR) is 107 cm³/mol. The van der Waals surface area contributed by atoms with Crippen LogP contribution in [0.5, 0.6) is 0 Å². The molecule has 0 spiro atoms. The van der Waals surface area contributed by atoms with Crippen LogP contribution >= 0.6 is 0 Å². The van der Waals surface area contributed by atoms with E-state index in [2.05, 4.69) is 16.0 Å². The summed E-state index contributed by atoms with van der Waals surface area (Å²) < 4.78 is 0. The summed E-state index contributed by atoms with van der Waals surface area (Å²) in [6.07, 6.45) is -0.907. The van der Waals surface area contributed by atoms with Crippen molar-refractivity contribution in [2.45, 2.75) is 70.6 Å². The van der Waals surface area contributed by atoms with Gasteiger partial charge in [0.1, 0.15) is 18.1 Å². The minimum atomic E-state index is -1.55. The van der Waals surface area contributed by atoms with Gasteiger partial charge in [0.25, 0.3) is 0 Å². The van der Waals surface area contributed by atoms with Gasteiger partial charge in [-0.15, -0.1) is 0 Å². The van der Waals surface area contributed by atoms with Crippen LogP contribution in [-0.4, -0.2) is 69.9 Å². The number of carbonyl (C=O) groups is 6. The van der Waals surface area contributed by atoms with Crippen molar-refractivity contribution >= 4 is 35.6 Å². The van der Waals surface area contributed by atoms with Crippen LogP contribution in [0.3, 0.4) is 0 Å². The van der Waals surface area contributed by atoms with Crippen molar-refractivity contribution in [2.24, 2.45) is 17.4 Å². The Balaban J connectivity index is 5.08. The molecule has 0 saturated heterocycles. The van der Waals surface area contributed by atoms with Crippen molar-refractivity contribution in [3.63, 3.8) is 0 Å². The molecule has 0 radical (unpaired) electrons. The van der Waals surface area contributed by atoms with Gasteiger partial charge >= 0.3 is 11.9 Å². The lowest BCUT2D eigenvalue weighted by atomic mass is 10.0. The number of hydrogen-bond acceptors (Lipinski definition) is 7. The van der Waals surface area contributed by atoms with Crippen molar-refractivity contribution in [1.29, 1.82) is 0 Å². The molecule has 0 aromatic carbocycles. The molecule has 0 rings (SSSR count). The van der Waals surface area contributed by atoms with E-state index in [4.69, 9.17) is 21.7 Å². The molecule has 0 saturated carbocycles. The second kappa shape index (κ2) is 13.2. The lowest BCUT2D eigenvalue weighted by Gasteiger charge is -2.24. The average Bonchev–Trinajstić information content (AvgIpc) is 2.63. The number of carbonyl (C=O) groups excluding carboxylic acids is 4. The molecule has 0 aromatic rings. The smallest absolute Gasteiger partial charge is 0.326 e. The summed E-state index contributed by atoms with van der Waals surface area (Å²) in [6.45, 7) is 4.89. The van der Waals surface area contributed by atoms with Crippen LogP contribution in [0, 0.1) is 5.92 Å². The first kappa shape index (κ1) is 27.8. The Morgan fingerprint density at radius 1 is 0.839 bits per heavy atom. The highest BCUT2D eigenvalue weighted by Crippen LogP contribution is 2.07. The maximum Gasteiger partial charge on any atom is 0.326 e. The zero-order valence-corrected chi connectivity index (χ0v) is 17.7. The number of primary amides is 1. The Labute approximate surface area is 179 Å². The molecule has 13 heteroatoms. The van der Waals surface area contributed by atoms with Gasteiger partial charge in [-0.2, -0.15) is 0 Å². The van der Waals surface area contributed by atoms with Gasteiger partial charge in [0.15, 0.2) is 0 Å². The maximum absolute atomic E-state index is 12.5. The monoisotopic (exact) mass is 445 g/mol. The second-order valence-electron chi connectivity index (χ2n) is 7.53. The quantitative estimate of drug-likeness (QED) is 0.151. The van der Waals surface area contributed by atoms with Crippen molar-refractivity contribution in [3.8, 4) is 0 Å². The third-order valence-corrected chi connectivity index (χ3v) is 4.12. The zero-order chi connectivity index (χ0) is 24.3. The van der Waals surface area contributed by atoms with E-state index in [9.17, 15) is 28.8 Å². The van der Waals surface area contributed by atoms with Gasteiger partial charge in [-0.1, -0.05) is 13.8 Å². The van der Waals surface area contributed by atoms with Gasteiger partial charge in [-0.25, -0.2) is 4.79 Å². The first-order chi connectivity index (χ1) is 14.2. The number of amides is 4. The van der Waals surface area contributed by atoms with Gasteiger partial charge in [-0.3, -0.25) is 24.0 Å². The first-order valence-electron chi connectivity index (χ1n) is 9.64. The van der Waals surface area contributed by atoms with Crippen LogP contribution in [0.15, 0.2) is 0 Å². The topological polar surface area (TPSA) is 231 Å². The van der Waals surface area contributed by atoms with Crippen molar-refractivity contribution in [2.75, 3.05) is 0 Å². The lowest BCUT2D eigenvalue weighted by Crippen LogP contribution is -2.56. The predicted octanol–water partition coefficient (Wildman–Crippen LogP) is -2.34. The Bertz CT molecular complexity index is 696. The highest BCUT2D eigenvalue weighted by atomic mass is 16.4. The standard InChI is InChI=1S/C18H31N5O8/c1-8(2)6-11(17(29)23-12(18(30)31)7-13(20)24)22-15(27)9(3)21-16(28)10(19)4-5-14(25)26/h8-12H,4-7,19H2,1-3H3,(H2,20,24)(H,21,28)(H,22,27)(H,23,29)(H,25,26)(H,30,31). The summed E-state index contributed by atoms with van der Waals surface area (Å²) in [5.41, 5.74) is 10.6. The molecule has 4 unspecified atom stereocenters. The van der Waals surface area contributed by atoms with E-state index in [1.165, 1.54) is 6.92 Å². The fraction of sp³-hybridized carbons (Fsp3) is 0.667. The Morgan fingerprint density at radius 3 is 1.84 bits per heavy atom. The van der Waals surface area contributed by atoms with E-state index in [-0.39, 0.29) is 25.2 Å². The van der Waals surface area contributed by atoms with Crippen molar-refractivity contribution < 1.29 is 39.0 Å². The van der Waals surface area contributed by atoms with Gasteiger partial charge in [0.2, 0.25) is 23.6 Å². The van der Waals surface area contributed by atoms with E-state index in [0.717, 1.165) is 0 Å². The third-order valence-electron chi connectivity index (χ3n) is 4.12. The highest BCUT2D eigenvalue weighted by molar-refractivity contribution is 5.94. The zero-order valence-electron chi connectivity index (χ0n) is 17.7. The normalized spacial score (nSPS) is 14.6. The molecule has 0 heterocycles. The van der Waals surface area contributed by atoms with Crippen molar-refractivity contribution in [3.05, 3.63) is 0 Å². The molecule has 0 aromatic heterocycles. The van der Waals surface area contributed by atoms with Crippen LogP contribution in [0.1, 0.15) is 46.5 Å². The molecule has 0 aliphatic heterocycles. The maximum atomic E-state index is 12.5. The second-order valence-corrected chi connectivity index (χ2v) is 7.53. The number of hydrogen-bond donors (Lipinski definition) is 7. The molecular formula is C18H31N5O8. The SMILES string of the molecule is CC(C)CC(NC(=O)C(C)NC(=O)C(N)CCC(=O)O)C(=O)NC(CC(N)=O)C(=O)O. The fourth-order valence-electron chi connectivity index (χ4n) is 2.47. The number of rotatable bonds is 14. The largest absolute Gasteiger partial charge is 0.481 e. The summed E-state index contributed by atoms with van der Waals surface area (Å²) in [5, 5.41) is 24.7. The van der Waals surface area contributed by atoms with Gasteiger partial charge in [0, 0.05) is 6.42 Å². The number of nitrogens with one attached hydrogen (secondary N) is 3. The molecule has 0 fully saturated rings. The number of aliphatic carboxylic acids is 2.